The van der Waals surface area contributed by atoms with Gasteiger partial charge in [0.05, 0.1) is 0 Å². The predicted molar refractivity (Wildman–Crippen MR) is 50.0 cm³/mol. The summed E-state index contributed by atoms with van der Waals surface area (Å²) in [6.07, 6.45) is 5.36. The number of rotatable bonds is 0. The van der Waals surface area contributed by atoms with Crippen molar-refractivity contribution in [2.75, 3.05) is 0 Å². The molecule has 52 valence electrons. The van der Waals surface area contributed by atoms with Crippen LogP contribution in [0.25, 0.3) is 6.08 Å². The van der Waals surface area contributed by atoms with Crippen molar-refractivity contribution >= 4 is 21.1 Å². The molecule has 0 saturated carbocycles. The lowest BCUT2D eigenvalue weighted by Gasteiger charge is -2.11. The zero-order chi connectivity index (χ0) is 7.68. The van der Waals surface area contributed by atoms with E-state index in [0.29, 0.717) is 0 Å². The number of hydrogen-bond donors (Lipinski definition) is 0. The molecule has 1 heteroatoms. The third-order valence-corrected chi connectivity index (χ3v) is 2.38. The summed E-state index contributed by atoms with van der Waals surface area (Å²) in [7, 11) is 3.60. The highest BCUT2D eigenvalue weighted by Crippen LogP contribution is 2.17. The summed E-state index contributed by atoms with van der Waals surface area (Å²) >= 11 is 0. The molecule has 0 amide bonds. The Labute approximate surface area is 69.6 Å². The van der Waals surface area contributed by atoms with Gasteiger partial charge in [-0.2, -0.15) is 0 Å². The minimum atomic E-state index is 1.02. The Hall–Kier alpha value is -0.953. The van der Waals surface area contributed by atoms with E-state index in [9.17, 15) is 0 Å². The van der Waals surface area contributed by atoms with Crippen molar-refractivity contribution < 1.29 is 0 Å². The molecular formula is C10H8Si. The SMILES string of the molecule is [Si]=C1CC=Cc2ccccc21. The van der Waals surface area contributed by atoms with E-state index in [0.717, 1.165) is 6.42 Å². The molecule has 0 atom stereocenters. The number of fused-ring (bicyclic) bond motifs is 1. The second-order valence-corrected chi connectivity index (χ2v) is 3.28. The van der Waals surface area contributed by atoms with Crippen LogP contribution in [0.4, 0.5) is 0 Å². The van der Waals surface area contributed by atoms with Crippen molar-refractivity contribution in [3.8, 4) is 0 Å². The van der Waals surface area contributed by atoms with E-state index in [4.69, 9.17) is 0 Å². The maximum absolute atomic E-state index is 3.60. The van der Waals surface area contributed by atoms with Crippen LogP contribution in [0.3, 0.4) is 0 Å². The highest BCUT2D eigenvalue weighted by atomic mass is 28.1. The summed E-state index contributed by atoms with van der Waals surface area (Å²) in [4.78, 5) is 0. The molecule has 2 rings (SSSR count). The summed E-state index contributed by atoms with van der Waals surface area (Å²) < 4.78 is 0. The van der Waals surface area contributed by atoms with E-state index in [1.165, 1.54) is 16.3 Å². The normalized spacial score (nSPS) is 14.7. The van der Waals surface area contributed by atoms with Crippen LogP contribution in [0, 0.1) is 0 Å². The van der Waals surface area contributed by atoms with Crippen LogP contribution in [-0.2, 0) is 0 Å². The van der Waals surface area contributed by atoms with Crippen LogP contribution < -0.4 is 0 Å². The van der Waals surface area contributed by atoms with E-state index < -0.39 is 0 Å². The molecular weight excluding hydrogens is 148 g/mol. The van der Waals surface area contributed by atoms with Gasteiger partial charge in [0.2, 0.25) is 0 Å². The first kappa shape index (κ1) is 6.74. The summed E-state index contributed by atoms with van der Waals surface area (Å²) in [5.41, 5.74) is 2.63. The fourth-order valence-corrected chi connectivity index (χ4v) is 1.68. The Morgan fingerprint density at radius 1 is 1.18 bits per heavy atom. The fourth-order valence-electron chi connectivity index (χ4n) is 1.33. The van der Waals surface area contributed by atoms with Gasteiger partial charge in [0.25, 0.3) is 0 Å². The van der Waals surface area contributed by atoms with Crippen LogP contribution >= 0.6 is 0 Å². The highest BCUT2D eigenvalue weighted by Gasteiger charge is 2.04. The van der Waals surface area contributed by atoms with Gasteiger partial charge in [-0.05, 0) is 17.5 Å². The van der Waals surface area contributed by atoms with E-state index in [1.54, 1.807) is 0 Å². The van der Waals surface area contributed by atoms with Gasteiger partial charge in [0.15, 0.2) is 0 Å². The topological polar surface area (TPSA) is 0 Å². The van der Waals surface area contributed by atoms with Crippen molar-refractivity contribution in [2.24, 2.45) is 0 Å². The molecule has 0 spiro atoms. The standard InChI is InChI=1S/C10H8Si/c11-10-7-3-5-8-4-1-2-6-9(8)10/h1-6H,7H2. The van der Waals surface area contributed by atoms with Crippen molar-refractivity contribution in [3.05, 3.63) is 41.5 Å². The average Bonchev–Trinajstić information content (AvgIpc) is 2.06. The Morgan fingerprint density at radius 3 is 2.82 bits per heavy atom. The summed E-state index contributed by atoms with van der Waals surface area (Å²) in [5.74, 6) is 0. The van der Waals surface area contributed by atoms with Gasteiger partial charge in [-0.25, -0.2) is 0 Å². The Bertz CT molecular complexity index is 323. The first-order valence-electron chi connectivity index (χ1n) is 3.71. The maximum atomic E-state index is 3.60. The molecule has 0 fully saturated rings. The van der Waals surface area contributed by atoms with Gasteiger partial charge in [0.1, 0.15) is 0 Å². The smallest absolute Gasteiger partial charge is 0.0356 e. The van der Waals surface area contributed by atoms with Crippen LogP contribution in [0.2, 0.25) is 0 Å². The largest absolute Gasteiger partial charge is 0.0799 e. The third kappa shape index (κ3) is 1.12. The van der Waals surface area contributed by atoms with Gasteiger partial charge >= 0.3 is 0 Å². The maximum Gasteiger partial charge on any atom is 0.0356 e. The highest BCUT2D eigenvalue weighted by molar-refractivity contribution is 6.44. The molecule has 1 aliphatic carbocycles. The number of hydrogen-bond acceptors (Lipinski definition) is 0. The van der Waals surface area contributed by atoms with Gasteiger partial charge in [0, 0.05) is 9.85 Å². The van der Waals surface area contributed by atoms with Crippen molar-refractivity contribution in [3.63, 3.8) is 0 Å². The van der Waals surface area contributed by atoms with E-state index in [2.05, 4.69) is 46.3 Å². The van der Waals surface area contributed by atoms with Crippen LogP contribution in [0.15, 0.2) is 30.3 Å². The van der Waals surface area contributed by atoms with Gasteiger partial charge in [-0.1, -0.05) is 41.6 Å². The molecule has 1 aliphatic rings. The van der Waals surface area contributed by atoms with E-state index >= 15 is 0 Å². The Kier molecular flexibility index (Phi) is 1.58. The second-order valence-electron chi connectivity index (χ2n) is 2.67. The molecule has 0 bridgehead atoms. The van der Waals surface area contributed by atoms with E-state index in [-0.39, 0.29) is 0 Å². The quantitative estimate of drug-likeness (QED) is 0.502. The molecule has 0 saturated heterocycles. The summed E-state index contributed by atoms with van der Waals surface area (Å²) in [6.45, 7) is 0. The molecule has 1 aromatic carbocycles. The lowest BCUT2D eigenvalue weighted by Crippen LogP contribution is -2.05. The van der Waals surface area contributed by atoms with Crippen LogP contribution in [0.5, 0.6) is 0 Å². The summed E-state index contributed by atoms with van der Waals surface area (Å²) in [5, 5.41) is 1.28. The van der Waals surface area contributed by atoms with Crippen molar-refractivity contribution in [2.45, 2.75) is 6.42 Å². The molecule has 0 heterocycles. The number of benzene rings is 1. The van der Waals surface area contributed by atoms with Gasteiger partial charge in [-0.15, -0.1) is 0 Å². The zero-order valence-electron chi connectivity index (χ0n) is 6.17. The minimum absolute atomic E-state index is 1.02. The number of allylic oxidation sites excluding steroid dienone is 1. The van der Waals surface area contributed by atoms with E-state index in [1.807, 2.05) is 0 Å². The molecule has 0 aliphatic heterocycles. The lowest BCUT2D eigenvalue weighted by molar-refractivity contribution is 1.45. The molecule has 0 aromatic heterocycles. The molecule has 11 heavy (non-hydrogen) atoms. The Balaban J connectivity index is 2.63. The second kappa shape index (κ2) is 2.59. The third-order valence-electron chi connectivity index (χ3n) is 1.91. The monoisotopic (exact) mass is 156 g/mol. The molecule has 0 N–H and O–H groups in total. The minimum Gasteiger partial charge on any atom is -0.0799 e. The van der Waals surface area contributed by atoms with Crippen molar-refractivity contribution in [1.29, 1.82) is 0 Å². The van der Waals surface area contributed by atoms with Gasteiger partial charge in [-0.3, -0.25) is 0 Å². The zero-order valence-corrected chi connectivity index (χ0v) is 7.17. The first-order chi connectivity index (χ1) is 5.38. The molecule has 0 unspecified atom stereocenters. The Morgan fingerprint density at radius 2 is 2.00 bits per heavy atom. The van der Waals surface area contributed by atoms with Crippen LogP contribution in [0.1, 0.15) is 17.5 Å². The predicted octanol–water partition coefficient (Wildman–Crippen LogP) is 1.79. The van der Waals surface area contributed by atoms with Crippen molar-refractivity contribution in [1.82, 2.24) is 0 Å². The molecule has 0 nitrogen and oxygen atoms in total. The summed E-state index contributed by atoms with van der Waals surface area (Å²) in [6, 6.07) is 8.40. The molecule has 1 aromatic rings. The van der Waals surface area contributed by atoms with Crippen LogP contribution in [-0.4, -0.2) is 15.0 Å². The first-order valence-corrected chi connectivity index (χ1v) is 4.21. The average molecular weight is 156 g/mol. The fraction of sp³-hybridized carbons (Fsp3) is 0.100. The molecule has 2 radical (unpaired) electrons. The lowest BCUT2D eigenvalue weighted by atomic mass is 9.97. The van der Waals surface area contributed by atoms with Gasteiger partial charge < -0.3 is 0 Å².